The van der Waals surface area contributed by atoms with Crippen molar-refractivity contribution in [1.82, 2.24) is 9.97 Å². The second-order valence-electron chi connectivity index (χ2n) is 5.83. The van der Waals surface area contributed by atoms with Gasteiger partial charge in [-0.2, -0.15) is 44.5 Å². The molecule has 1 aromatic heterocycles. The van der Waals surface area contributed by atoms with Crippen molar-refractivity contribution in [3.8, 4) is 5.88 Å². The molecule has 0 unspecified atom stereocenters. The summed E-state index contributed by atoms with van der Waals surface area (Å²) in [6, 6.07) is 2.83. The van der Waals surface area contributed by atoms with Crippen LogP contribution in [0.2, 0.25) is 0 Å². The highest BCUT2D eigenvalue weighted by Crippen LogP contribution is 2.30. The van der Waals surface area contributed by atoms with Gasteiger partial charge in [0.15, 0.2) is 6.61 Å². The molecule has 32 heavy (non-hydrogen) atoms. The number of urea groups is 1. The number of amides is 2. The molecule has 0 spiro atoms. The van der Waals surface area contributed by atoms with Gasteiger partial charge < -0.3 is 10.1 Å². The number of anilines is 2. The fourth-order valence-electron chi connectivity index (χ4n) is 1.93. The van der Waals surface area contributed by atoms with Crippen LogP contribution in [-0.4, -0.2) is 40.7 Å². The average molecular weight is 494 g/mol. The monoisotopic (exact) mass is 494 g/mol. The molecule has 176 valence electrons. The molecule has 16 heteroatoms. The SMILES string of the molecule is O=C(Nc1ccc(C(F)(F)F)cc1)Nc1nc(OCC(F)(F)F)cc(SCC(F)(F)F)n1. The zero-order chi connectivity index (χ0) is 24.2. The Morgan fingerprint density at radius 3 is 2.06 bits per heavy atom. The third-order valence-corrected chi connectivity index (χ3v) is 4.12. The molecule has 6 nitrogen and oxygen atoms in total. The van der Waals surface area contributed by atoms with E-state index in [4.69, 9.17) is 0 Å². The fraction of sp³-hybridized carbons (Fsp3) is 0.312. The number of hydrogen-bond donors (Lipinski definition) is 2. The summed E-state index contributed by atoms with van der Waals surface area (Å²) in [5.41, 5.74) is -1.07. The molecule has 1 heterocycles. The van der Waals surface area contributed by atoms with Gasteiger partial charge in [0.25, 0.3) is 0 Å². The van der Waals surface area contributed by atoms with E-state index >= 15 is 0 Å². The van der Waals surface area contributed by atoms with E-state index < -0.39 is 59.3 Å². The first-order valence-corrected chi connectivity index (χ1v) is 9.13. The molecule has 0 bridgehead atoms. The van der Waals surface area contributed by atoms with Gasteiger partial charge in [0, 0.05) is 11.8 Å². The first kappa shape index (κ1) is 25.4. The zero-order valence-corrected chi connectivity index (χ0v) is 16.1. The molecule has 0 fully saturated rings. The Morgan fingerprint density at radius 1 is 0.906 bits per heavy atom. The highest BCUT2D eigenvalue weighted by atomic mass is 32.2. The minimum atomic E-state index is -4.77. The van der Waals surface area contributed by atoms with Gasteiger partial charge >= 0.3 is 24.6 Å². The maximum absolute atomic E-state index is 12.5. The van der Waals surface area contributed by atoms with Crippen LogP contribution in [-0.2, 0) is 6.18 Å². The Labute approximate surface area is 177 Å². The summed E-state index contributed by atoms with van der Waals surface area (Å²) in [5.74, 6) is -2.88. The molecule has 0 atom stereocenters. The summed E-state index contributed by atoms with van der Waals surface area (Å²) in [6.45, 7) is -1.80. The number of aromatic nitrogens is 2. The smallest absolute Gasteiger partial charge is 0.422 e. The molecule has 2 N–H and O–H groups in total. The lowest BCUT2D eigenvalue weighted by Gasteiger charge is -2.12. The van der Waals surface area contributed by atoms with Crippen LogP contribution in [0, 0.1) is 0 Å². The lowest BCUT2D eigenvalue weighted by Crippen LogP contribution is -2.22. The zero-order valence-electron chi connectivity index (χ0n) is 15.3. The standard InChI is InChI=1S/C16H11F9N4O2S/c17-14(18,19)6-31-10-5-11(32-7-15(20,21)22)28-12(27-10)29-13(30)26-9-3-1-8(2-4-9)16(23,24)25/h1-5H,6-7H2,(H2,26,27,28,29,30). The van der Waals surface area contributed by atoms with Gasteiger partial charge in [-0.3, -0.25) is 5.32 Å². The van der Waals surface area contributed by atoms with Crippen molar-refractivity contribution < 1.29 is 49.0 Å². The van der Waals surface area contributed by atoms with Crippen LogP contribution in [0.15, 0.2) is 35.4 Å². The molecule has 2 amide bonds. The Balaban J connectivity index is 2.14. The normalized spacial score (nSPS) is 12.4. The van der Waals surface area contributed by atoms with Gasteiger partial charge in [0.1, 0.15) is 5.03 Å². The van der Waals surface area contributed by atoms with Crippen LogP contribution in [0.3, 0.4) is 0 Å². The van der Waals surface area contributed by atoms with Gasteiger partial charge in [-0.05, 0) is 24.3 Å². The number of nitrogens with one attached hydrogen (secondary N) is 2. The second kappa shape index (κ2) is 9.70. The van der Waals surface area contributed by atoms with Crippen molar-refractivity contribution in [3.63, 3.8) is 0 Å². The van der Waals surface area contributed by atoms with Crippen molar-refractivity contribution >= 4 is 29.4 Å². The molecular weight excluding hydrogens is 483 g/mol. The van der Waals surface area contributed by atoms with E-state index in [1.165, 1.54) is 0 Å². The number of hydrogen-bond acceptors (Lipinski definition) is 5. The molecular formula is C16H11F9N4O2S. The van der Waals surface area contributed by atoms with Gasteiger partial charge in [0.2, 0.25) is 11.8 Å². The van der Waals surface area contributed by atoms with Crippen molar-refractivity contribution in [2.24, 2.45) is 0 Å². The molecule has 0 saturated carbocycles. The molecule has 0 aliphatic heterocycles. The van der Waals surface area contributed by atoms with E-state index in [2.05, 4.69) is 20.0 Å². The molecule has 1 aromatic carbocycles. The minimum Gasteiger partial charge on any atom is -0.468 e. The maximum atomic E-state index is 12.5. The lowest BCUT2D eigenvalue weighted by atomic mass is 10.2. The van der Waals surface area contributed by atoms with E-state index in [0.29, 0.717) is 12.1 Å². The third-order valence-electron chi connectivity index (χ3n) is 3.14. The second-order valence-corrected chi connectivity index (χ2v) is 6.83. The number of alkyl halides is 9. The van der Waals surface area contributed by atoms with Gasteiger partial charge in [-0.1, -0.05) is 11.8 Å². The average Bonchev–Trinajstić information content (AvgIpc) is 2.63. The first-order chi connectivity index (χ1) is 14.6. The summed E-state index contributed by atoms with van der Waals surface area (Å²) in [4.78, 5) is 19.0. The summed E-state index contributed by atoms with van der Waals surface area (Å²) < 4.78 is 116. The Hall–Kier alpha value is -2.91. The number of halogens is 9. The number of benzene rings is 1. The van der Waals surface area contributed by atoms with E-state index in [0.717, 1.165) is 18.2 Å². The van der Waals surface area contributed by atoms with Gasteiger partial charge in [-0.15, -0.1) is 0 Å². The number of carbonyl (C=O) groups excluding carboxylic acids is 1. The predicted octanol–water partition coefficient (Wildman–Crippen LogP) is 5.73. The van der Waals surface area contributed by atoms with Crippen molar-refractivity contribution in [3.05, 3.63) is 35.9 Å². The van der Waals surface area contributed by atoms with Crippen LogP contribution in [0.4, 0.5) is 55.9 Å². The van der Waals surface area contributed by atoms with Gasteiger partial charge in [0.05, 0.1) is 11.3 Å². The molecule has 0 saturated heterocycles. The Kier molecular flexibility index (Phi) is 7.69. The van der Waals surface area contributed by atoms with E-state index in [1.54, 1.807) is 0 Å². The molecule has 2 aromatic rings. The largest absolute Gasteiger partial charge is 0.468 e. The molecule has 2 rings (SSSR count). The molecule has 0 aliphatic rings. The van der Waals surface area contributed by atoms with E-state index in [-0.39, 0.29) is 17.4 Å². The predicted molar refractivity (Wildman–Crippen MR) is 94.4 cm³/mol. The van der Waals surface area contributed by atoms with Crippen molar-refractivity contribution in [2.75, 3.05) is 23.0 Å². The van der Waals surface area contributed by atoms with E-state index in [1.807, 2.05) is 5.32 Å². The number of carbonyl (C=O) groups is 1. The topological polar surface area (TPSA) is 76.1 Å². The minimum absolute atomic E-state index is 0.0911. The fourth-order valence-corrected chi connectivity index (χ4v) is 2.57. The number of nitrogens with zero attached hydrogens (tertiary/aromatic N) is 2. The Morgan fingerprint density at radius 2 is 1.53 bits per heavy atom. The molecule has 0 radical (unpaired) electrons. The van der Waals surface area contributed by atoms with Crippen LogP contribution in [0.5, 0.6) is 5.88 Å². The van der Waals surface area contributed by atoms with Crippen LogP contribution >= 0.6 is 11.8 Å². The van der Waals surface area contributed by atoms with Crippen molar-refractivity contribution in [2.45, 2.75) is 23.6 Å². The maximum Gasteiger partial charge on any atom is 0.422 e. The first-order valence-electron chi connectivity index (χ1n) is 8.14. The van der Waals surface area contributed by atoms with Crippen LogP contribution in [0.25, 0.3) is 0 Å². The highest BCUT2D eigenvalue weighted by Gasteiger charge is 2.31. The van der Waals surface area contributed by atoms with E-state index in [9.17, 15) is 44.3 Å². The van der Waals surface area contributed by atoms with Gasteiger partial charge in [-0.25, -0.2) is 9.78 Å². The third kappa shape index (κ3) is 9.07. The summed E-state index contributed by atoms with van der Waals surface area (Å²) >= 11 is 0.108. The number of ether oxygens (including phenoxy) is 1. The summed E-state index contributed by atoms with van der Waals surface area (Å²) in [7, 11) is 0. The summed E-state index contributed by atoms with van der Waals surface area (Å²) in [6.07, 6.45) is -14.0. The molecule has 0 aliphatic carbocycles. The van der Waals surface area contributed by atoms with Crippen LogP contribution < -0.4 is 15.4 Å². The Bertz CT molecular complexity index is 895. The number of rotatable bonds is 6. The van der Waals surface area contributed by atoms with Crippen molar-refractivity contribution in [1.29, 1.82) is 0 Å². The highest BCUT2D eigenvalue weighted by molar-refractivity contribution is 7.99. The number of thioether (sulfide) groups is 1. The quantitative estimate of drug-likeness (QED) is 0.305. The van der Waals surface area contributed by atoms with Crippen LogP contribution in [0.1, 0.15) is 5.56 Å². The summed E-state index contributed by atoms with van der Waals surface area (Å²) in [5, 5.41) is 3.63. The lowest BCUT2D eigenvalue weighted by molar-refractivity contribution is -0.154.